The molecule has 3 aliphatic rings. The van der Waals surface area contributed by atoms with Gasteiger partial charge in [-0.15, -0.1) is 5.10 Å². The minimum Gasteiger partial charge on any atom is -0.492 e. The molecule has 176 valence electrons. The Bertz CT molecular complexity index is 1240. The smallest absolute Gasteiger partial charge is 0.253 e. The predicted octanol–water partition coefficient (Wildman–Crippen LogP) is 2.21. The van der Waals surface area contributed by atoms with Crippen molar-refractivity contribution in [3.63, 3.8) is 0 Å². The molecule has 0 unspecified atom stereocenters. The van der Waals surface area contributed by atoms with Crippen molar-refractivity contribution in [3.8, 4) is 22.9 Å². The number of methoxy groups -OCH3 is 1. The van der Waals surface area contributed by atoms with E-state index in [1.54, 1.807) is 11.8 Å². The lowest BCUT2D eigenvalue weighted by Crippen LogP contribution is -2.35. The van der Waals surface area contributed by atoms with Crippen LogP contribution in [0.25, 0.3) is 5.69 Å². The second-order valence-electron chi connectivity index (χ2n) is 8.84. The molecular weight excluding hydrogens is 436 g/mol. The summed E-state index contributed by atoms with van der Waals surface area (Å²) >= 11 is 0. The van der Waals surface area contributed by atoms with E-state index in [4.69, 9.17) is 14.2 Å². The SMILES string of the molecule is COc1c2c(cc3c1[C@H](c1nnnn1-c1ccc(C(=O)N4CCCC4)cc1)N(C)CC3)OCO2. The number of fused-ring (bicyclic) bond motifs is 2. The first-order valence-electron chi connectivity index (χ1n) is 11.5. The first-order chi connectivity index (χ1) is 16.7. The van der Waals surface area contributed by atoms with E-state index in [1.165, 1.54) is 0 Å². The van der Waals surface area contributed by atoms with Gasteiger partial charge in [0.2, 0.25) is 12.5 Å². The summed E-state index contributed by atoms with van der Waals surface area (Å²) in [5.41, 5.74) is 3.58. The Morgan fingerprint density at radius 3 is 2.68 bits per heavy atom. The summed E-state index contributed by atoms with van der Waals surface area (Å²) in [5.74, 6) is 2.71. The van der Waals surface area contributed by atoms with Crippen LogP contribution in [0.15, 0.2) is 30.3 Å². The summed E-state index contributed by atoms with van der Waals surface area (Å²) in [7, 11) is 3.69. The zero-order chi connectivity index (χ0) is 23.2. The highest BCUT2D eigenvalue weighted by Crippen LogP contribution is 2.50. The third-order valence-electron chi connectivity index (χ3n) is 6.89. The van der Waals surface area contributed by atoms with Gasteiger partial charge < -0.3 is 19.1 Å². The number of rotatable bonds is 4. The molecule has 1 atom stereocenters. The van der Waals surface area contributed by atoms with Crippen molar-refractivity contribution < 1.29 is 19.0 Å². The van der Waals surface area contributed by atoms with Crippen LogP contribution in [0.1, 0.15) is 46.2 Å². The van der Waals surface area contributed by atoms with Crippen LogP contribution in [0, 0.1) is 0 Å². The molecule has 2 aromatic carbocycles. The van der Waals surface area contributed by atoms with E-state index < -0.39 is 0 Å². The molecule has 0 N–H and O–H groups in total. The predicted molar refractivity (Wildman–Crippen MR) is 122 cm³/mol. The van der Waals surface area contributed by atoms with Gasteiger partial charge in [-0.25, -0.2) is 0 Å². The van der Waals surface area contributed by atoms with Gasteiger partial charge in [0, 0.05) is 30.8 Å². The van der Waals surface area contributed by atoms with Gasteiger partial charge in [0.25, 0.3) is 5.91 Å². The number of nitrogens with zero attached hydrogens (tertiary/aromatic N) is 6. The van der Waals surface area contributed by atoms with Gasteiger partial charge >= 0.3 is 0 Å². The molecule has 1 saturated heterocycles. The number of aromatic nitrogens is 4. The number of likely N-dealkylation sites (tertiary alicyclic amines) is 1. The van der Waals surface area contributed by atoms with Crippen LogP contribution in [0.4, 0.5) is 0 Å². The number of hydrogen-bond donors (Lipinski definition) is 0. The normalized spacial score (nSPS) is 19.4. The summed E-state index contributed by atoms with van der Waals surface area (Å²) < 4.78 is 18.9. The quantitative estimate of drug-likeness (QED) is 0.583. The average Bonchev–Trinajstić information content (AvgIpc) is 3.64. The number of ether oxygens (including phenoxy) is 3. The van der Waals surface area contributed by atoms with Crippen molar-refractivity contribution >= 4 is 5.91 Å². The third kappa shape index (κ3) is 3.28. The van der Waals surface area contributed by atoms with Gasteiger partial charge in [0.15, 0.2) is 17.3 Å². The van der Waals surface area contributed by atoms with Gasteiger partial charge in [0.05, 0.1) is 12.8 Å². The van der Waals surface area contributed by atoms with E-state index in [0.717, 1.165) is 55.7 Å². The number of tetrazole rings is 1. The fourth-order valence-corrected chi connectivity index (χ4v) is 5.16. The average molecular weight is 463 g/mol. The lowest BCUT2D eigenvalue weighted by atomic mass is 9.90. The molecule has 0 radical (unpaired) electrons. The van der Waals surface area contributed by atoms with Crippen LogP contribution in [-0.2, 0) is 6.42 Å². The Labute approximate surface area is 197 Å². The van der Waals surface area contributed by atoms with E-state index in [9.17, 15) is 4.79 Å². The molecule has 3 aliphatic heterocycles. The zero-order valence-corrected chi connectivity index (χ0v) is 19.2. The highest BCUT2D eigenvalue weighted by atomic mass is 16.7. The Hall–Kier alpha value is -3.66. The molecule has 0 spiro atoms. The monoisotopic (exact) mass is 462 g/mol. The number of benzene rings is 2. The maximum absolute atomic E-state index is 12.7. The summed E-state index contributed by atoms with van der Waals surface area (Å²) in [4.78, 5) is 16.9. The topological polar surface area (TPSA) is 94.8 Å². The van der Waals surface area contributed by atoms with Crippen molar-refractivity contribution in [1.29, 1.82) is 0 Å². The van der Waals surface area contributed by atoms with Crippen molar-refractivity contribution in [2.24, 2.45) is 0 Å². The van der Waals surface area contributed by atoms with Gasteiger partial charge in [-0.1, -0.05) is 0 Å². The van der Waals surface area contributed by atoms with Crippen molar-refractivity contribution in [2.45, 2.75) is 25.3 Å². The maximum atomic E-state index is 12.7. The first kappa shape index (κ1) is 20.9. The fourth-order valence-electron chi connectivity index (χ4n) is 5.16. The number of likely N-dealkylation sites (N-methyl/N-ethyl adjacent to an activating group) is 1. The Morgan fingerprint density at radius 2 is 1.91 bits per heavy atom. The first-order valence-corrected chi connectivity index (χ1v) is 11.5. The minimum atomic E-state index is -0.242. The molecule has 0 bridgehead atoms. The molecule has 10 nitrogen and oxygen atoms in total. The molecule has 6 rings (SSSR count). The molecule has 0 saturated carbocycles. The van der Waals surface area contributed by atoms with Crippen LogP contribution >= 0.6 is 0 Å². The summed E-state index contributed by atoms with van der Waals surface area (Å²) in [6, 6.07) is 9.27. The lowest BCUT2D eigenvalue weighted by molar-refractivity contribution is 0.0793. The fraction of sp³-hybridized carbons (Fsp3) is 0.417. The van der Waals surface area contributed by atoms with Crippen molar-refractivity contribution in [2.75, 3.05) is 40.6 Å². The van der Waals surface area contributed by atoms with Crippen molar-refractivity contribution in [3.05, 3.63) is 52.8 Å². The second-order valence-corrected chi connectivity index (χ2v) is 8.84. The number of carbonyl (C=O) groups excluding carboxylic acids is 1. The van der Waals surface area contributed by atoms with Crippen LogP contribution in [-0.4, -0.2) is 76.5 Å². The zero-order valence-electron chi connectivity index (χ0n) is 19.2. The highest BCUT2D eigenvalue weighted by molar-refractivity contribution is 5.94. The Morgan fingerprint density at radius 1 is 1.12 bits per heavy atom. The highest BCUT2D eigenvalue weighted by Gasteiger charge is 2.37. The van der Waals surface area contributed by atoms with Crippen molar-refractivity contribution in [1.82, 2.24) is 30.0 Å². The van der Waals surface area contributed by atoms with Crippen LogP contribution in [0.2, 0.25) is 0 Å². The molecule has 4 heterocycles. The van der Waals surface area contributed by atoms with E-state index in [0.29, 0.717) is 28.6 Å². The summed E-state index contributed by atoms with van der Waals surface area (Å²) in [5, 5.41) is 12.7. The Kier molecular flexibility index (Phi) is 5.09. The van der Waals surface area contributed by atoms with E-state index in [-0.39, 0.29) is 18.7 Å². The van der Waals surface area contributed by atoms with Crippen LogP contribution in [0.5, 0.6) is 17.2 Å². The summed E-state index contributed by atoms with van der Waals surface area (Å²) in [6.45, 7) is 2.66. The second kappa shape index (κ2) is 8.28. The number of carbonyl (C=O) groups is 1. The Balaban J connectivity index is 1.39. The minimum absolute atomic E-state index is 0.0720. The molecule has 10 heteroatoms. The number of hydrogen-bond acceptors (Lipinski definition) is 8. The van der Waals surface area contributed by atoms with Gasteiger partial charge in [0.1, 0.15) is 6.04 Å². The van der Waals surface area contributed by atoms with Crippen LogP contribution < -0.4 is 14.2 Å². The van der Waals surface area contributed by atoms with Crippen LogP contribution in [0.3, 0.4) is 0 Å². The van der Waals surface area contributed by atoms with E-state index in [1.807, 2.05) is 35.2 Å². The number of amides is 1. The van der Waals surface area contributed by atoms with E-state index in [2.05, 4.69) is 27.5 Å². The standard InChI is InChI=1S/C24H26N6O4/c1-28-12-9-16-13-18-21(34-14-33-18)22(32-2)19(16)20(28)23-25-26-27-30(23)17-7-5-15(6-8-17)24(31)29-10-3-4-11-29/h5-8,13,20H,3-4,9-12,14H2,1-2H3/t20-/m1/s1. The molecule has 0 aliphatic carbocycles. The summed E-state index contributed by atoms with van der Waals surface area (Å²) in [6.07, 6.45) is 2.99. The van der Waals surface area contributed by atoms with Gasteiger partial charge in [-0.3, -0.25) is 9.69 Å². The van der Waals surface area contributed by atoms with Gasteiger partial charge in [-0.05, 0) is 72.6 Å². The largest absolute Gasteiger partial charge is 0.492 e. The molecule has 1 aromatic heterocycles. The molecule has 34 heavy (non-hydrogen) atoms. The van der Waals surface area contributed by atoms with E-state index >= 15 is 0 Å². The molecule has 3 aromatic rings. The maximum Gasteiger partial charge on any atom is 0.253 e. The molecular formula is C24H26N6O4. The molecule has 1 fully saturated rings. The lowest BCUT2D eigenvalue weighted by Gasteiger charge is -2.34. The third-order valence-corrected chi connectivity index (χ3v) is 6.89. The van der Waals surface area contributed by atoms with Gasteiger partial charge in [-0.2, -0.15) is 4.68 Å². The molecule has 1 amide bonds.